The largest absolute Gasteiger partial charge is 0.381 e. The van der Waals surface area contributed by atoms with Crippen LogP contribution >= 0.6 is 0 Å². The molecule has 3 fully saturated rings. The van der Waals surface area contributed by atoms with Gasteiger partial charge in [-0.25, -0.2) is 4.79 Å². The Balaban J connectivity index is 1.42. The lowest BCUT2D eigenvalue weighted by Gasteiger charge is -2.42. The molecule has 0 radical (unpaired) electrons. The summed E-state index contributed by atoms with van der Waals surface area (Å²) < 4.78 is 5.46. The fraction of sp³-hybridized carbons (Fsp3) is 0.929. The predicted octanol–water partition coefficient (Wildman–Crippen LogP) is 2.19. The summed E-state index contributed by atoms with van der Waals surface area (Å²) in [6.07, 6.45) is 9.52. The molecule has 2 saturated carbocycles. The lowest BCUT2D eigenvalue weighted by Crippen LogP contribution is -2.46. The van der Waals surface area contributed by atoms with E-state index in [4.69, 9.17) is 4.74 Å². The lowest BCUT2D eigenvalue weighted by atomic mass is 9.68. The van der Waals surface area contributed by atoms with Gasteiger partial charge in [-0.3, -0.25) is 0 Å². The Morgan fingerprint density at radius 2 is 1.44 bits per heavy atom. The molecule has 2 amide bonds. The number of hydrogen-bond donors (Lipinski definition) is 2. The molecule has 1 spiro atoms. The van der Waals surface area contributed by atoms with Gasteiger partial charge in [0, 0.05) is 25.3 Å². The second-order valence-corrected chi connectivity index (χ2v) is 6.28. The summed E-state index contributed by atoms with van der Waals surface area (Å²) in [4.78, 5) is 11.7. The van der Waals surface area contributed by atoms with Crippen molar-refractivity contribution in [1.82, 2.24) is 10.6 Å². The van der Waals surface area contributed by atoms with Crippen molar-refractivity contribution < 1.29 is 9.53 Å². The molecule has 0 atom stereocenters. The van der Waals surface area contributed by atoms with Crippen LogP contribution in [0.25, 0.3) is 0 Å². The van der Waals surface area contributed by atoms with Crippen LogP contribution in [0.3, 0.4) is 0 Å². The Hall–Kier alpha value is -0.770. The van der Waals surface area contributed by atoms with E-state index in [1.807, 2.05) is 0 Å². The van der Waals surface area contributed by atoms with Crippen LogP contribution in [0.15, 0.2) is 0 Å². The summed E-state index contributed by atoms with van der Waals surface area (Å²) in [6, 6.07) is 0.887. The van der Waals surface area contributed by atoms with Crippen LogP contribution in [-0.4, -0.2) is 31.3 Å². The van der Waals surface area contributed by atoms with Gasteiger partial charge in [0.15, 0.2) is 0 Å². The van der Waals surface area contributed by atoms with Gasteiger partial charge in [0.25, 0.3) is 0 Å². The van der Waals surface area contributed by atoms with Gasteiger partial charge in [-0.05, 0) is 56.8 Å². The van der Waals surface area contributed by atoms with Crippen LogP contribution < -0.4 is 10.6 Å². The average Bonchev–Trinajstić information content (AvgIpc) is 3.17. The molecule has 0 bridgehead atoms. The number of nitrogens with one attached hydrogen (secondary N) is 2. The summed E-state index contributed by atoms with van der Waals surface area (Å²) in [7, 11) is 0. The lowest BCUT2D eigenvalue weighted by molar-refractivity contribution is -0.00860. The van der Waals surface area contributed by atoms with Gasteiger partial charge < -0.3 is 15.4 Å². The Bertz CT molecular complexity index is 299. The minimum Gasteiger partial charge on any atom is -0.381 e. The average molecular weight is 252 g/mol. The maximum absolute atomic E-state index is 11.7. The van der Waals surface area contributed by atoms with Gasteiger partial charge in [-0.2, -0.15) is 0 Å². The van der Waals surface area contributed by atoms with E-state index in [9.17, 15) is 4.79 Å². The van der Waals surface area contributed by atoms with Crippen molar-refractivity contribution >= 4 is 6.03 Å². The van der Waals surface area contributed by atoms with E-state index in [2.05, 4.69) is 10.6 Å². The summed E-state index contributed by atoms with van der Waals surface area (Å²) in [6.45, 7) is 1.86. The van der Waals surface area contributed by atoms with Crippen LogP contribution in [-0.2, 0) is 4.74 Å². The van der Waals surface area contributed by atoms with Crippen molar-refractivity contribution in [2.45, 2.75) is 63.5 Å². The zero-order chi connectivity index (χ0) is 12.4. The van der Waals surface area contributed by atoms with Crippen LogP contribution in [0.5, 0.6) is 0 Å². The third kappa shape index (κ3) is 2.97. The van der Waals surface area contributed by atoms with E-state index in [-0.39, 0.29) is 6.03 Å². The fourth-order valence-corrected chi connectivity index (χ4v) is 3.32. The molecule has 3 aliphatic rings. The van der Waals surface area contributed by atoms with E-state index in [0.717, 1.165) is 38.9 Å². The van der Waals surface area contributed by atoms with Crippen LogP contribution in [0.2, 0.25) is 0 Å². The summed E-state index contributed by atoms with van der Waals surface area (Å²) in [5.74, 6) is 0. The van der Waals surface area contributed by atoms with Gasteiger partial charge in [-0.15, -0.1) is 0 Å². The molecule has 0 aromatic heterocycles. The fourth-order valence-electron chi connectivity index (χ4n) is 3.32. The number of amides is 2. The number of hydrogen-bond acceptors (Lipinski definition) is 2. The summed E-state index contributed by atoms with van der Waals surface area (Å²) in [5.41, 5.74) is 0.531. The molecule has 2 aliphatic carbocycles. The minimum atomic E-state index is 0.0467. The van der Waals surface area contributed by atoms with E-state index >= 15 is 0 Å². The molecule has 18 heavy (non-hydrogen) atoms. The number of ether oxygens (including phenoxy) is 1. The van der Waals surface area contributed by atoms with Gasteiger partial charge in [0.1, 0.15) is 0 Å². The first-order chi connectivity index (χ1) is 8.76. The van der Waals surface area contributed by atoms with E-state index < -0.39 is 0 Å². The first-order valence-electron chi connectivity index (χ1n) is 7.41. The summed E-state index contributed by atoms with van der Waals surface area (Å²) in [5, 5.41) is 6.13. The monoisotopic (exact) mass is 252 g/mol. The third-order valence-electron chi connectivity index (χ3n) is 4.85. The van der Waals surface area contributed by atoms with E-state index in [1.54, 1.807) is 0 Å². The molecule has 1 heterocycles. The van der Waals surface area contributed by atoms with E-state index in [0.29, 0.717) is 17.5 Å². The zero-order valence-corrected chi connectivity index (χ0v) is 11.0. The Morgan fingerprint density at radius 3 is 2.00 bits per heavy atom. The van der Waals surface area contributed by atoms with Gasteiger partial charge in [0.05, 0.1) is 0 Å². The number of carbonyl (C=O) groups excluding carboxylic acids is 1. The first kappa shape index (κ1) is 12.3. The molecule has 1 aliphatic heterocycles. The van der Waals surface area contributed by atoms with Gasteiger partial charge in [0.2, 0.25) is 0 Å². The maximum atomic E-state index is 11.7. The van der Waals surface area contributed by atoms with Crippen molar-refractivity contribution in [2.24, 2.45) is 5.41 Å². The smallest absolute Gasteiger partial charge is 0.315 e. The van der Waals surface area contributed by atoms with Gasteiger partial charge in [-0.1, -0.05) is 0 Å². The number of carbonyl (C=O) groups is 1. The second kappa shape index (κ2) is 5.08. The standard InChI is InChI=1S/C14H24N2O2/c17-13(15-11-1-2-11)16-12-3-5-14(6-4-12)7-9-18-10-8-14/h11-12H,1-10H2,(H2,15,16,17). The van der Waals surface area contributed by atoms with Crippen molar-refractivity contribution in [1.29, 1.82) is 0 Å². The number of urea groups is 1. The van der Waals surface area contributed by atoms with Crippen molar-refractivity contribution in [3.8, 4) is 0 Å². The van der Waals surface area contributed by atoms with Crippen molar-refractivity contribution in [2.75, 3.05) is 13.2 Å². The highest BCUT2D eigenvalue weighted by Crippen LogP contribution is 2.44. The quantitative estimate of drug-likeness (QED) is 0.791. The highest BCUT2D eigenvalue weighted by Gasteiger charge is 2.37. The molecule has 0 aromatic rings. The normalized spacial score (nSPS) is 28.0. The SMILES string of the molecule is O=C(NC1CC1)NC1CCC2(CCOCC2)CC1. The van der Waals surface area contributed by atoms with Crippen LogP contribution in [0, 0.1) is 5.41 Å². The zero-order valence-electron chi connectivity index (χ0n) is 11.0. The maximum Gasteiger partial charge on any atom is 0.315 e. The topological polar surface area (TPSA) is 50.4 Å². The Kier molecular flexibility index (Phi) is 3.46. The molecule has 0 unspecified atom stereocenters. The Morgan fingerprint density at radius 1 is 0.889 bits per heavy atom. The molecule has 102 valence electrons. The summed E-state index contributed by atoms with van der Waals surface area (Å²) >= 11 is 0. The third-order valence-corrected chi connectivity index (χ3v) is 4.85. The highest BCUT2D eigenvalue weighted by atomic mass is 16.5. The molecule has 4 heteroatoms. The predicted molar refractivity (Wildman–Crippen MR) is 69.4 cm³/mol. The van der Waals surface area contributed by atoms with Gasteiger partial charge >= 0.3 is 6.03 Å². The van der Waals surface area contributed by atoms with Crippen molar-refractivity contribution in [3.05, 3.63) is 0 Å². The van der Waals surface area contributed by atoms with Crippen LogP contribution in [0.1, 0.15) is 51.4 Å². The molecule has 1 saturated heterocycles. The van der Waals surface area contributed by atoms with Crippen molar-refractivity contribution in [3.63, 3.8) is 0 Å². The molecular weight excluding hydrogens is 228 g/mol. The molecule has 2 N–H and O–H groups in total. The molecular formula is C14H24N2O2. The Labute approximate surface area is 109 Å². The second-order valence-electron chi connectivity index (χ2n) is 6.28. The van der Waals surface area contributed by atoms with Crippen LogP contribution in [0.4, 0.5) is 4.79 Å². The highest BCUT2D eigenvalue weighted by molar-refractivity contribution is 5.74. The molecule has 0 aromatic carbocycles. The minimum absolute atomic E-state index is 0.0467. The number of rotatable bonds is 2. The first-order valence-corrected chi connectivity index (χ1v) is 7.41. The molecule has 3 rings (SSSR count). The van der Waals surface area contributed by atoms with E-state index in [1.165, 1.54) is 25.7 Å². The molecule has 4 nitrogen and oxygen atoms in total.